The van der Waals surface area contributed by atoms with E-state index in [9.17, 15) is 29.9 Å². The quantitative estimate of drug-likeness (QED) is 0.216. The number of aromatic hydroxyl groups is 2. The predicted octanol–water partition coefficient (Wildman–Crippen LogP) is 3.53. The average molecular weight is 376 g/mol. The van der Waals surface area contributed by atoms with E-state index in [1.54, 1.807) is 30.3 Å². The summed E-state index contributed by atoms with van der Waals surface area (Å²) in [6.45, 7) is 0. The molecule has 1 aliphatic carbocycles. The monoisotopic (exact) mass is 376 g/mol. The Morgan fingerprint density at radius 3 is 2.25 bits per heavy atom. The molecule has 0 bridgehead atoms. The van der Waals surface area contributed by atoms with Gasteiger partial charge in [-0.15, -0.1) is 0 Å². The Hall–Kier alpha value is -4.20. The molecule has 0 saturated heterocycles. The fourth-order valence-corrected chi connectivity index (χ4v) is 3.27. The van der Waals surface area contributed by atoms with Gasteiger partial charge in [-0.05, 0) is 18.2 Å². The van der Waals surface area contributed by atoms with Crippen LogP contribution in [-0.2, 0) is 0 Å². The molecule has 4 rings (SSSR count). The van der Waals surface area contributed by atoms with Gasteiger partial charge >= 0.3 is 0 Å². The van der Waals surface area contributed by atoms with E-state index in [2.05, 4.69) is 5.32 Å². The van der Waals surface area contributed by atoms with Gasteiger partial charge in [-0.2, -0.15) is 0 Å². The molecular formula is C20H12N2O6. The van der Waals surface area contributed by atoms with Crippen molar-refractivity contribution in [2.24, 2.45) is 0 Å². The first-order chi connectivity index (χ1) is 13.4. The molecule has 28 heavy (non-hydrogen) atoms. The molecule has 0 unspecified atom stereocenters. The van der Waals surface area contributed by atoms with Gasteiger partial charge < -0.3 is 15.5 Å². The Bertz CT molecular complexity index is 1170. The number of hydrogen-bond donors (Lipinski definition) is 3. The van der Waals surface area contributed by atoms with Crippen molar-refractivity contribution in [3.05, 3.63) is 87.0 Å². The molecule has 8 heteroatoms. The molecule has 0 aromatic heterocycles. The normalized spacial score (nSPS) is 12.3. The maximum Gasteiger partial charge on any atom is 0.281 e. The molecule has 0 radical (unpaired) electrons. The second kappa shape index (κ2) is 6.20. The van der Waals surface area contributed by atoms with Crippen LogP contribution in [-0.4, -0.2) is 26.7 Å². The lowest BCUT2D eigenvalue weighted by molar-refractivity contribution is -0.385. The van der Waals surface area contributed by atoms with Crippen molar-refractivity contribution in [3.8, 4) is 11.5 Å². The van der Waals surface area contributed by atoms with Gasteiger partial charge in [0.25, 0.3) is 5.69 Å². The third-order valence-electron chi connectivity index (χ3n) is 4.50. The molecule has 3 aromatic carbocycles. The van der Waals surface area contributed by atoms with Gasteiger partial charge in [-0.1, -0.05) is 24.3 Å². The van der Waals surface area contributed by atoms with E-state index in [0.29, 0.717) is 5.69 Å². The number of carbonyl (C=O) groups is 2. The molecular weight excluding hydrogens is 364 g/mol. The van der Waals surface area contributed by atoms with Gasteiger partial charge in [0, 0.05) is 23.4 Å². The number of phenolic OH excluding ortho intramolecular Hbond substituents is 2. The van der Waals surface area contributed by atoms with Crippen molar-refractivity contribution in [2.45, 2.75) is 0 Å². The van der Waals surface area contributed by atoms with Crippen LogP contribution in [0.3, 0.4) is 0 Å². The molecule has 0 aliphatic heterocycles. The molecule has 1 aliphatic rings. The van der Waals surface area contributed by atoms with Gasteiger partial charge in [0.15, 0.2) is 17.3 Å². The van der Waals surface area contributed by atoms with E-state index >= 15 is 0 Å². The van der Waals surface area contributed by atoms with Crippen LogP contribution in [0.15, 0.2) is 54.6 Å². The van der Waals surface area contributed by atoms with Gasteiger partial charge in [0.05, 0.1) is 21.7 Å². The zero-order chi connectivity index (χ0) is 20.0. The summed E-state index contributed by atoms with van der Waals surface area (Å²) in [5, 5.41) is 34.6. The summed E-state index contributed by atoms with van der Waals surface area (Å²) in [5.41, 5.74) is -1.01. The molecule has 8 nitrogen and oxygen atoms in total. The van der Waals surface area contributed by atoms with Crippen molar-refractivity contribution in [1.29, 1.82) is 0 Å². The van der Waals surface area contributed by atoms with Crippen molar-refractivity contribution >= 4 is 28.6 Å². The second-order valence-corrected chi connectivity index (χ2v) is 6.15. The van der Waals surface area contributed by atoms with Gasteiger partial charge in [0.2, 0.25) is 5.78 Å². The fourth-order valence-electron chi connectivity index (χ4n) is 3.27. The Morgan fingerprint density at radius 2 is 1.57 bits per heavy atom. The largest absolute Gasteiger partial charge is 0.504 e. The summed E-state index contributed by atoms with van der Waals surface area (Å²) in [4.78, 5) is 36.6. The highest BCUT2D eigenvalue weighted by Crippen LogP contribution is 2.44. The maximum absolute atomic E-state index is 13.1. The molecule has 0 atom stereocenters. The fraction of sp³-hybridized carbons (Fsp3) is 0. The molecule has 0 saturated carbocycles. The minimum atomic E-state index is -0.901. The molecule has 138 valence electrons. The topological polar surface area (TPSA) is 130 Å². The number of benzene rings is 3. The predicted molar refractivity (Wildman–Crippen MR) is 99.5 cm³/mol. The zero-order valence-electron chi connectivity index (χ0n) is 14.2. The Balaban J connectivity index is 1.99. The van der Waals surface area contributed by atoms with Crippen LogP contribution in [0.2, 0.25) is 0 Å². The Morgan fingerprint density at radius 1 is 0.857 bits per heavy atom. The van der Waals surface area contributed by atoms with Gasteiger partial charge in [0.1, 0.15) is 5.56 Å². The number of fused-ring (bicyclic) bond motifs is 2. The number of nitrogens with one attached hydrogen (secondary N) is 1. The highest BCUT2D eigenvalue weighted by atomic mass is 16.6. The minimum Gasteiger partial charge on any atom is -0.504 e. The van der Waals surface area contributed by atoms with E-state index in [-0.39, 0.29) is 16.8 Å². The van der Waals surface area contributed by atoms with Crippen molar-refractivity contribution in [2.75, 3.05) is 5.32 Å². The van der Waals surface area contributed by atoms with E-state index in [4.69, 9.17) is 0 Å². The van der Waals surface area contributed by atoms with Crippen molar-refractivity contribution < 1.29 is 24.7 Å². The van der Waals surface area contributed by atoms with E-state index in [0.717, 1.165) is 12.1 Å². The highest BCUT2D eigenvalue weighted by molar-refractivity contribution is 6.32. The number of hydrogen-bond acceptors (Lipinski definition) is 7. The minimum absolute atomic E-state index is 0.104. The molecule has 0 heterocycles. The number of carbonyl (C=O) groups excluding carboxylic acids is 2. The zero-order valence-corrected chi connectivity index (χ0v) is 14.2. The first-order valence-electron chi connectivity index (χ1n) is 8.18. The number of nitrogens with zero attached hydrogens (tertiary/aromatic N) is 1. The summed E-state index contributed by atoms with van der Waals surface area (Å²) >= 11 is 0. The molecule has 0 fully saturated rings. The molecule has 3 aromatic rings. The van der Waals surface area contributed by atoms with Crippen LogP contribution < -0.4 is 5.32 Å². The number of nitro benzene ring substituents is 1. The summed E-state index contributed by atoms with van der Waals surface area (Å²) in [5.74, 6) is -2.99. The molecule has 3 N–H and O–H groups in total. The lowest BCUT2D eigenvalue weighted by Gasteiger charge is -2.22. The maximum atomic E-state index is 13.1. The number of ketones is 2. The van der Waals surface area contributed by atoms with Crippen LogP contribution in [0, 0.1) is 10.1 Å². The number of nitro groups is 1. The van der Waals surface area contributed by atoms with Crippen LogP contribution in [0.5, 0.6) is 11.5 Å². The number of phenols is 2. The van der Waals surface area contributed by atoms with Crippen molar-refractivity contribution in [3.63, 3.8) is 0 Å². The van der Waals surface area contributed by atoms with Crippen LogP contribution in [0.4, 0.5) is 17.1 Å². The van der Waals surface area contributed by atoms with E-state index < -0.39 is 44.8 Å². The summed E-state index contributed by atoms with van der Waals surface area (Å²) in [7, 11) is 0. The van der Waals surface area contributed by atoms with Crippen molar-refractivity contribution in [1.82, 2.24) is 0 Å². The van der Waals surface area contributed by atoms with Crippen LogP contribution in [0.1, 0.15) is 31.8 Å². The summed E-state index contributed by atoms with van der Waals surface area (Å²) < 4.78 is 0. The third kappa shape index (κ3) is 2.47. The average Bonchev–Trinajstić information content (AvgIpc) is 2.69. The Kier molecular flexibility index (Phi) is 3.82. The van der Waals surface area contributed by atoms with Gasteiger partial charge in [-0.25, -0.2) is 0 Å². The van der Waals surface area contributed by atoms with Crippen LogP contribution >= 0.6 is 0 Å². The number of rotatable bonds is 3. The van der Waals surface area contributed by atoms with E-state index in [1.165, 1.54) is 12.1 Å². The molecule has 0 spiro atoms. The van der Waals surface area contributed by atoms with Crippen LogP contribution in [0.25, 0.3) is 0 Å². The Labute approximate surface area is 157 Å². The third-order valence-corrected chi connectivity index (χ3v) is 4.50. The summed E-state index contributed by atoms with van der Waals surface area (Å²) in [6, 6.07) is 13.6. The first kappa shape index (κ1) is 17.2. The second-order valence-electron chi connectivity index (χ2n) is 6.15. The number of anilines is 2. The SMILES string of the molecule is O=C1c2cccc([N+](=O)[O-])c2C(=O)c2c(O)c(O)cc(Nc3ccccc3)c21. The first-order valence-corrected chi connectivity index (χ1v) is 8.18. The van der Waals surface area contributed by atoms with Gasteiger partial charge in [-0.3, -0.25) is 19.7 Å². The number of para-hydroxylation sites is 1. The summed E-state index contributed by atoms with van der Waals surface area (Å²) in [6.07, 6.45) is 0. The standard InChI is InChI=1S/C20H12N2O6/c23-14-9-12(21-10-5-2-1-3-6-10)16-17(19(14)25)20(26)15-11(18(16)24)7-4-8-13(15)22(27)28/h1-9,21,23,25H. The van der Waals surface area contributed by atoms with E-state index in [1.807, 2.05) is 0 Å². The smallest absolute Gasteiger partial charge is 0.281 e. The lowest BCUT2D eigenvalue weighted by Crippen LogP contribution is -2.23. The highest BCUT2D eigenvalue weighted by Gasteiger charge is 2.39. The lowest BCUT2D eigenvalue weighted by atomic mass is 9.81. The molecule has 0 amide bonds.